The molecule has 18 heavy (non-hydrogen) atoms. The van der Waals surface area contributed by atoms with Gasteiger partial charge >= 0.3 is 6.03 Å². The van der Waals surface area contributed by atoms with Gasteiger partial charge in [0.25, 0.3) is 0 Å². The molecule has 0 unspecified atom stereocenters. The van der Waals surface area contributed by atoms with Crippen molar-refractivity contribution < 1.29 is 14.3 Å². The van der Waals surface area contributed by atoms with Crippen LogP contribution in [0.4, 0.5) is 10.5 Å². The standard InChI is InChI=1S/C13H18N2O3/c1-2-3-4-7-14-13(16)15-10-5-6-11-12(8-10)18-9-17-11/h5-6,8H,2-4,7,9H2,1H3,(H2,14,15,16). The predicted molar refractivity (Wildman–Crippen MR) is 69.1 cm³/mol. The molecule has 0 aromatic heterocycles. The molecule has 1 aliphatic heterocycles. The van der Waals surface area contributed by atoms with E-state index in [9.17, 15) is 4.79 Å². The highest BCUT2D eigenvalue weighted by Gasteiger charge is 2.13. The van der Waals surface area contributed by atoms with Gasteiger partial charge in [-0.25, -0.2) is 4.79 Å². The number of rotatable bonds is 5. The molecule has 1 aromatic carbocycles. The van der Waals surface area contributed by atoms with E-state index in [4.69, 9.17) is 9.47 Å². The third-order valence-electron chi connectivity index (χ3n) is 2.70. The maximum absolute atomic E-state index is 11.6. The van der Waals surface area contributed by atoms with Gasteiger partial charge in [-0.2, -0.15) is 0 Å². The SMILES string of the molecule is CCCCCNC(=O)Nc1ccc2c(c1)OCO2. The summed E-state index contributed by atoms with van der Waals surface area (Å²) in [4.78, 5) is 11.6. The van der Waals surface area contributed by atoms with Crippen molar-refractivity contribution in [2.45, 2.75) is 26.2 Å². The van der Waals surface area contributed by atoms with E-state index >= 15 is 0 Å². The molecule has 5 heteroatoms. The molecule has 0 atom stereocenters. The fourth-order valence-electron chi connectivity index (χ4n) is 1.73. The minimum absolute atomic E-state index is 0.190. The molecular formula is C13H18N2O3. The summed E-state index contributed by atoms with van der Waals surface area (Å²) in [6.45, 7) is 3.07. The minimum atomic E-state index is -0.190. The highest BCUT2D eigenvalue weighted by atomic mass is 16.7. The predicted octanol–water partition coefficient (Wildman–Crippen LogP) is 2.73. The van der Waals surface area contributed by atoms with E-state index in [0.717, 1.165) is 19.3 Å². The van der Waals surface area contributed by atoms with E-state index in [1.165, 1.54) is 0 Å². The second kappa shape index (κ2) is 6.14. The Bertz CT molecular complexity index is 421. The maximum Gasteiger partial charge on any atom is 0.319 e. The molecule has 2 amide bonds. The van der Waals surface area contributed by atoms with E-state index < -0.39 is 0 Å². The number of carbonyl (C=O) groups excluding carboxylic acids is 1. The van der Waals surface area contributed by atoms with Crippen LogP contribution in [0.15, 0.2) is 18.2 Å². The summed E-state index contributed by atoms with van der Waals surface area (Å²) in [7, 11) is 0. The average molecular weight is 250 g/mol. The first-order valence-corrected chi connectivity index (χ1v) is 6.24. The van der Waals surface area contributed by atoms with E-state index in [-0.39, 0.29) is 12.8 Å². The molecule has 0 spiro atoms. The first kappa shape index (κ1) is 12.5. The number of urea groups is 1. The van der Waals surface area contributed by atoms with Crippen molar-refractivity contribution in [1.82, 2.24) is 5.32 Å². The zero-order valence-electron chi connectivity index (χ0n) is 10.5. The molecule has 0 fully saturated rings. The highest BCUT2D eigenvalue weighted by Crippen LogP contribution is 2.34. The Morgan fingerprint density at radius 2 is 2.11 bits per heavy atom. The molecule has 1 aromatic rings. The molecule has 0 radical (unpaired) electrons. The molecule has 0 bridgehead atoms. The third kappa shape index (κ3) is 3.29. The number of hydrogen-bond donors (Lipinski definition) is 2. The van der Waals surface area contributed by atoms with Gasteiger partial charge in [-0.3, -0.25) is 0 Å². The van der Waals surface area contributed by atoms with Crippen molar-refractivity contribution in [2.75, 3.05) is 18.7 Å². The smallest absolute Gasteiger partial charge is 0.319 e. The number of benzene rings is 1. The topological polar surface area (TPSA) is 59.6 Å². The zero-order valence-corrected chi connectivity index (χ0v) is 10.5. The summed E-state index contributed by atoms with van der Waals surface area (Å²) in [6, 6.07) is 5.15. The van der Waals surface area contributed by atoms with Crippen LogP contribution < -0.4 is 20.1 Å². The lowest BCUT2D eigenvalue weighted by Crippen LogP contribution is -2.29. The van der Waals surface area contributed by atoms with Gasteiger partial charge in [-0.05, 0) is 18.6 Å². The lowest BCUT2D eigenvalue weighted by molar-refractivity contribution is 0.174. The van der Waals surface area contributed by atoms with Crippen LogP contribution in [0.25, 0.3) is 0 Å². The molecule has 0 saturated heterocycles. The summed E-state index contributed by atoms with van der Waals surface area (Å²) in [6.07, 6.45) is 3.28. The molecule has 2 N–H and O–H groups in total. The zero-order chi connectivity index (χ0) is 12.8. The number of anilines is 1. The Morgan fingerprint density at radius 3 is 2.94 bits per heavy atom. The minimum Gasteiger partial charge on any atom is -0.454 e. The van der Waals surface area contributed by atoms with Crippen molar-refractivity contribution >= 4 is 11.7 Å². The fourth-order valence-corrected chi connectivity index (χ4v) is 1.73. The van der Waals surface area contributed by atoms with Gasteiger partial charge < -0.3 is 20.1 Å². The quantitative estimate of drug-likeness (QED) is 0.790. The Labute approximate surface area is 106 Å². The summed E-state index contributed by atoms with van der Waals surface area (Å²) in [5, 5.41) is 5.57. The van der Waals surface area contributed by atoms with Crippen molar-refractivity contribution in [3.8, 4) is 11.5 Å². The van der Waals surface area contributed by atoms with Crippen LogP contribution >= 0.6 is 0 Å². The summed E-state index contributed by atoms with van der Waals surface area (Å²) in [5.74, 6) is 1.38. The second-order valence-corrected chi connectivity index (χ2v) is 4.16. The first-order valence-electron chi connectivity index (χ1n) is 6.24. The number of ether oxygens (including phenoxy) is 2. The molecule has 5 nitrogen and oxygen atoms in total. The van der Waals surface area contributed by atoms with Crippen molar-refractivity contribution in [3.63, 3.8) is 0 Å². The average Bonchev–Trinajstić information content (AvgIpc) is 2.82. The third-order valence-corrected chi connectivity index (χ3v) is 2.70. The van der Waals surface area contributed by atoms with Gasteiger partial charge in [-0.15, -0.1) is 0 Å². The molecule has 0 aliphatic carbocycles. The number of nitrogens with one attached hydrogen (secondary N) is 2. The number of fused-ring (bicyclic) bond motifs is 1. The Kier molecular flexibility index (Phi) is 4.28. The number of hydrogen-bond acceptors (Lipinski definition) is 3. The van der Waals surface area contributed by atoms with Crippen LogP contribution in [0.1, 0.15) is 26.2 Å². The normalized spacial score (nSPS) is 12.3. The van der Waals surface area contributed by atoms with Gasteiger partial charge in [-0.1, -0.05) is 19.8 Å². The van der Waals surface area contributed by atoms with Crippen LogP contribution in [-0.2, 0) is 0 Å². The van der Waals surface area contributed by atoms with Gasteiger partial charge in [0.05, 0.1) is 0 Å². The van der Waals surface area contributed by atoms with Crippen LogP contribution in [0, 0.1) is 0 Å². The van der Waals surface area contributed by atoms with Crippen LogP contribution in [0.2, 0.25) is 0 Å². The Hall–Kier alpha value is -1.91. The summed E-state index contributed by atoms with van der Waals surface area (Å²) < 4.78 is 10.4. The van der Waals surface area contributed by atoms with Crippen LogP contribution in [0.5, 0.6) is 11.5 Å². The molecule has 0 saturated carbocycles. The van der Waals surface area contributed by atoms with Gasteiger partial charge in [0, 0.05) is 18.3 Å². The molecule has 1 aliphatic rings. The summed E-state index contributed by atoms with van der Waals surface area (Å²) >= 11 is 0. The molecule has 98 valence electrons. The van der Waals surface area contributed by atoms with E-state index in [0.29, 0.717) is 23.7 Å². The van der Waals surface area contributed by atoms with Crippen LogP contribution in [0.3, 0.4) is 0 Å². The summed E-state index contributed by atoms with van der Waals surface area (Å²) in [5.41, 5.74) is 0.701. The Morgan fingerprint density at radius 1 is 1.28 bits per heavy atom. The van der Waals surface area contributed by atoms with Crippen molar-refractivity contribution in [1.29, 1.82) is 0 Å². The largest absolute Gasteiger partial charge is 0.454 e. The fraction of sp³-hybridized carbons (Fsp3) is 0.462. The van der Waals surface area contributed by atoms with Crippen molar-refractivity contribution in [3.05, 3.63) is 18.2 Å². The number of unbranched alkanes of at least 4 members (excludes halogenated alkanes) is 2. The highest BCUT2D eigenvalue weighted by molar-refractivity contribution is 5.89. The van der Waals surface area contributed by atoms with Crippen LogP contribution in [-0.4, -0.2) is 19.4 Å². The van der Waals surface area contributed by atoms with Gasteiger partial charge in [0.15, 0.2) is 11.5 Å². The monoisotopic (exact) mass is 250 g/mol. The molecular weight excluding hydrogens is 232 g/mol. The maximum atomic E-state index is 11.6. The van der Waals surface area contributed by atoms with Gasteiger partial charge in [0.1, 0.15) is 0 Å². The van der Waals surface area contributed by atoms with E-state index in [1.54, 1.807) is 18.2 Å². The van der Waals surface area contributed by atoms with E-state index in [2.05, 4.69) is 17.6 Å². The first-order chi connectivity index (χ1) is 8.79. The number of carbonyl (C=O) groups is 1. The lowest BCUT2D eigenvalue weighted by Gasteiger charge is -2.07. The van der Waals surface area contributed by atoms with E-state index in [1.807, 2.05) is 0 Å². The molecule has 1 heterocycles. The Balaban J connectivity index is 1.80. The van der Waals surface area contributed by atoms with Gasteiger partial charge in [0.2, 0.25) is 6.79 Å². The molecule has 2 rings (SSSR count). The second-order valence-electron chi connectivity index (χ2n) is 4.16. The number of amides is 2. The lowest BCUT2D eigenvalue weighted by atomic mass is 10.2. The van der Waals surface area contributed by atoms with Crippen molar-refractivity contribution in [2.24, 2.45) is 0 Å².